The summed E-state index contributed by atoms with van der Waals surface area (Å²) in [5.74, 6) is -3.92. The summed E-state index contributed by atoms with van der Waals surface area (Å²) in [4.78, 5) is 55.1. The van der Waals surface area contributed by atoms with Crippen molar-refractivity contribution in [1.29, 1.82) is 0 Å². The predicted molar refractivity (Wildman–Crippen MR) is 72.6 cm³/mol. The third-order valence-corrected chi connectivity index (χ3v) is 2.30. The van der Waals surface area contributed by atoms with Crippen LogP contribution in [-0.4, -0.2) is 40.9 Å². The van der Waals surface area contributed by atoms with Gasteiger partial charge in [-0.2, -0.15) is 0 Å². The lowest BCUT2D eigenvalue weighted by atomic mass is 10.1. The molecule has 0 aromatic carbocycles. The van der Waals surface area contributed by atoms with Gasteiger partial charge in [0, 0.05) is 12.0 Å². The molecular weight excluding hydrogens is 296 g/mol. The van der Waals surface area contributed by atoms with E-state index in [1.165, 1.54) is 13.8 Å². The zero-order valence-electron chi connectivity index (χ0n) is 12.4. The summed E-state index contributed by atoms with van der Waals surface area (Å²) < 4.78 is 9.59. The minimum Gasteiger partial charge on any atom is -0.478 e. The highest BCUT2D eigenvalue weighted by atomic mass is 16.7. The Bertz CT molecular complexity index is 461. The second-order valence-corrected chi connectivity index (χ2v) is 4.61. The van der Waals surface area contributed by atoms with Crippen molar-refractivity contribution in [3.8, 4) is 0 Å². The first kappa shape index (κ1) is 19.5. The van der Waals surface area contributed by atoms with Crippen LogP contribution in [0.1, 0.15) is 39.5 Å². The number of carbonyl (C=O) groups excluding carboxylic acids is 4. The highest BCUT2D eigenvalue weighted by molar-refractivity contribution is 5.95. The van der Waals surface area contributed by atoms with Crippen LogP contribution in [0.5, 0.6) is 0 Å². The SMILES string of the molecule is C=C(CCC(OC(=O)CC(C)=O)OC(=O)CC(C)=O)C(=O)O. The maximum atomic E-state index is 11.4. The Morgan fingerprint density at radius 2 is 1.36 bits per heavy atom. The van der Waals surface area contributed by atoms with Crippen LogP contribution in [0.4, 0.5) is 0 Å². The molecular formula is C14H18O8. The van der Waals surface area contributed by atoms with E-state index < -0.39 is 48.6 Å². The lowest BCUT2D eigenvalue weighted by Gasteiger charge is -2.18. The van der Waals surface area contributed by atoms with E-state index in [1.54, 1.807) is 0 Å². The average Bonchev–Trinajstić information content (AvgIpc) is 2.32. The number of carboxylic acid groups (broad SMARTS) is 1. The monoisotopic (exact) mass is 314 g/mol. The van der Waals surface area contributed by atoms with E-state index in [-0.39, 0.29) is 18.4 Å². The molecule has 0 radical (unpaired) electrons. The third kappa shape index (κ3) is 9.40. The van der Waals surface area contributed by atoms with Crippen molar-refractivity contribution in [3.05, 3.63) is 12.2 Å². The molecule has 0 amide bonds. The van der Waals surface area contributed by atoms with Crippen LogP contribution in [-0.2, 0) is 33.4 Å². The summed E-state index contributed by atoms with van der Waals surface area (Å²) in [6.45, 7) is 5.66. The van der Waals surface area contributed by atoms with Crippen LogP contribution in [0.25, 0.3) is 0 Å². The Balaban J connectivity index is 4.67. The molecule has 0 fully saturated rings. The van der Waals surface area contributed by atoms with Crippen molar-refractivity contribution >= 4 is 29.5 Å². The zero-order valence-corrected chi connectivity index (χ0v) is 12.4. The van der Waals surface area contributed by atoms with E-state index >= 15 is 0 Å². The number of Topliss-reactive ketones (excluding diaryl/α,β-unsaturated/α-hetero) is 2. The summed E-state index contributed by atoms with van der Waals surface area (Å²) in [7, 11) is 0. The molecule has 0 aliphatic heterocycles. The van der Waals surface area contributed by atoms with Crippen molar-refractivity contribution < 1.29 is 38.6 Å². The van der Waals surface area contributed by atoms with Crippen LogP contribution >= 0.6 is 0 Å². The first-order valence-electron chi connectivity index (χ1n) is 6.40. The van der Waals surface area contributed by atoms with E-state index in [2.05, 4.69) is 6.58 Å². The number of carbonyl (C=O) groups is 5. The Morgan fingerprint density at radius 1 is 0.955 bits per heavy atom. The summed E-state index contributed by atoms with van der Waals surface area (Å²) >= 11 is 0. The number of aliphatic carboxylic acids is 1. The van der Waals surface area contributed by atoms with Crippen molar-refractivity contribution in [2.24, 2.45) is 0 Å². The Labute approximate surface area is 127 Å². The number of ether oxygens (including phenoxy) is 2. The van der Waals surface area contributed by atoms with Crippen molar-refractivity contribution in [1.82, 2.24) is 0 Å². The number of hydrogen-bond donors (Lipinski definition) is 1. The Hall–Kier alpha value is -2.51. The number of ketones is 2. The third-order valence-electron chi connectivity index (χ3n) is 2.30. The maximum absolute atomic E-state index is 11.4. The summed E-state index contributed by atoms with van der Waals surface area (Å²) in [5.41, 5.74) is -0.157. The van der Waals surface area contributed by atoms with Crippen LogP contribution in [0.15, 0.2) is 12.2 Å². The smallest absolute Gasteiger partial charge is 0.330 e. The van der Waals surface area contributed by atoms with Crippen LogP contribution in [0, 0.1) is 0 Å². The summed E-state index contributed by atoms with van der Waals surface area (Å²) in [5, 5.41) is 8.69. The molecule has 0 aliphatic rings. The molecule has 0 rings (SSSR count). The van der Waals surface area contributed by atoms with Gasteiger partial charge in [0.05, 0.1) is 0 Å². The van der Waals surface area contributed by atoms with Gasteiger partial charge in [-0.3, -0.25) is 19.2 Å². The first-order valence-corrected chi connectivity index (χ1v) is 6.40. The Morgan fingerprint density at radius 3 is 1.68 bits per heavy atom. The van der Waals surface area contributed by atoms with Gasteiger partial charge in [0.15, 0.2) is 0 Å². The lowest BCUT2D eigenvalue weighted by Crippen LogP contribution is -2.26. The standard InChI is InChI=1S/C14H18O8/c1-8(14(19)20)4-5-13(21-11(17)6-9(2)15)22-12(18)7-10(3)16/h13H,1,4-7H2,2-3H3,(H,19,20). The molecule has 0 bridgehead atoms. The molecule has 0 heterocycles. The molecule has 0 spiro atoms. The largest absolute Gasteiger partial charge is 0.478 e. The highest BCUT2D eigenvalue weighted by Crippen LogP contribution is 2.12. The van der Waals surface area contributed by atoms with Crippen LogP contribution < -0.4 is 0 Å². The first-order chi connectivity index (χ1) is 10.1. The van der Waals surface area contributed by atoms with Crippen LogP contribution in [0.3, 0.4) is 0 Å². The van der Waals surface area contributed by atoms with E-state index in [1.807, 2.05) is 0 Å². The van der Waals surface area contributed by atoms with Crippen molar-refractivity contribution in [2.75, 3.05) is 0 Å². The molecule has 0 saturated heterocycles. The minimum atomic E-state index is -1.38. The molecule has 0 atom stereocenters. The van der Waals surface area contributed by atoms with Gasteiger partial charge >= 0.3 is 17.9 Å². The molecule has 1 N–H and O–H groups in total. The average molecular weight is 314 g/mol. The van der Waals surface area contributed by atoms with E-state index in [9.17, 15) is 24.0 Å². The summed E-state index contributed by atoms with van der Waals surface area (Å²) in [6.07, 6.45) is -2.62. The Kier molecular flexibility index (Phi) is 8.35. The van der Waals surface area contributed by atoms with Gasteiger partial charge < -0.3 is 14.6 Å². The van der Waals surface area contributed by atoms with Gasteiger partial charge in [0.2, 0.25) is 6.29 Å². The maximum Gasteiger partial charge on any atom is 0.330 e. The minimum absolute atomic E-state index is 0.0965. The summed E-state index contributed by atoms with van der Waals surface area (Å²) in [6, 6.07) is 0. The second kappa shape index (κ2) is 9.43. The normalized spacial score (nSPS) is 9.95. The van der Waals surface area contributed by atoms with Gasteiger partial charge in [0.25, 0.3) is 0 Å². The molecule has 122 valence electrons. The fourth-order valence-electron chi connectivity index (χ4n) is 1.32. The fourth-order valence-corrected chi connectivity index (χ4v) is 1.32. The quantitative estimate of drug-likeness (QED) is 0.271. The van der Waals surface area contributed by atoms with Crippen LogP contribution in [0.2, 0.25) is 0 Å². The van der Waals surface area contributed by atoms with E-state index in [4.69, 9.17) is 14.6 Å². The van der Waals surface area contributed by atoms with Crippen molar-refractivity contribution in [2.45, 2.75) is 45.8 Å². The number of esters is 2. The van der Waals surface area contributed by atoms with Gasteiger partial charge in [-0.25, -0.2) is 4.79 Å². The van der Waals surface area contributed by atoms with E-state index in [0.29, 0.717) is 0 Å². The second-order valence-electron chi connectivity index (χ2n) is 4.61. The predicted octanol–water partition coefficient (Wildman–Crippen LogP) is 0.778. The topological polar surface area (TPSA) is 124 Å². The van der Waals surface area contributed by atoms with Gasteiger partial charge in [-0.05, 0) is 20.3 Å². The van der Waals surface area contributed by atoms with Gasteiger partial charge in [-0.15, -0.1) is 0 Å². The van der Waals surface area contributed by atoms with Gasteiger partial charge in [0.1, 0.15) is 24.4 Å². The molecule has 22 heavy (non-hydrogen) atoms. The van der Waals surface area contributed by atoms with Crippen molar-refractivity contribution in [3.63, 3.8) is 0 Å². The molecule has 8 heteroatoms. The molecule has 0 unspecified atom stereocenters. The highest BCUT2D eigenvalue weighted by Gasteiger charge is 2.21. The van der Waals surface area contributed by atoms with Gasteiger partial charge in [-0.1, -0.05) is 6.58 Å². The number of hydrogen-bond acceptors (Lipinski definition) is 7. The lowest BCUT2D eigenvalue weighted by molar-refractivity contribution is -0.188. The molecule has 0 saturated carbocycles. The molecule has 0 aromatic rings. The molecule has 8 nitrogen and oxygen atoms in total. The zero-order chi connectivity index (χ0) is 17.3. The van der Waals surface area contributed by atoms with E-state index in [0.717, 1.165) is 0 Å². The number of carboxylic acids is 1. The number of rotatable bonds is 10. The fraction of sp³-hybridized carbons (Fsp3) is 0.500. The molecule has 0 aliphatic carbocycles. The molecule has 0 aromatic heterocycles.